The maximum absolute atomic E-state index is 10.9. The lowest BCUT2D eigenvalue weighted by molar-refractivity contribution is -0.386. The molecule has 0 spiro atoms. The summed E-state index contributed by atoms with van der Waals surface area (Å²) in [4.78, 5) is 12.6. The van der Waals surface area contributed by atoms with Crippen LogP contribution in [0, 0.1) is 10.1 Å². The molecule has 1 aromatic rings. The molecule has 1 aliphatic rings. The zero-order valence-electron chi connectivity index (χ0n) is 10.6. The highest BCUT2D eigenvalue weighted by Gasteiger charge is 2.25. The van der Waals surface area contributed by atoms with Crippen LogP contribution >= 0.6 is 15.9 Å². The Bertz CT molecular complexity index is 489. The molecule has 7 heteroatoms. The lowest BCUT2D eigenvalue weighted by atomic mass is 10.0. The van der Waals surface area contributed by atoms with Gasteiger partial charge >= 0.3 is 5.69 Å². The molecular formula is C12H16BrN3O3. The van der Waals surface area contributed by atoms with Crippen molar-refractivity contribution in [3.05, 3.63) is 32.3 Å². The Kier molecular flexibility index (Phi) is 4.38. The third kappa shape index (κ3) is 3.05. The second kappa shape index (κ2) is 5.85. The third-order valence-electron chi connectivity index (χ3n) is 3.43. The largest absolute Gasteiger partial charge is 0.502 e. The number of aromatic hydroxyl groups is 1. The first-order valence-electron chi connectivity index (χ1n) is 6.12. The molecule has 1 fully saturated rings. The van der Waals surface area contributed by atoms with E-state index in [1.54, 1.807) is 6.07 Å². The van der Waals surface area contributed by atoms with Crippen molar-refractivity contribution in [3.8, 4) is 5.75 Å². The average molecular weight is 330 g/mol. The summed E-state index contributed by atoms with van der Waals surface area (Å²) in [6.07, 6.45) is 0. The number of phenolic OH excluding ortho intramolecular Hbond substituents is 1. The van der Waals surface area contributed by atoms with Gasteiger partial charge < -0.3 is 10.4 Å². The molecule has 6 nitrogen and oxygen atoms in total. The SMILES string of the molecule is C[C@H](c1cc(Br)cc([N+](=O)[O-])c1O)N1CCNCC1. The van der Waals surface area contributed by atoms with Gasteiger partial charge in [-0.25, -0.2) is 0 Å². The lowest BCUT2D eigenvalue weighted by Crippen LogP contribution is -2.44. The first-order chi connectivity index (χ1) is 9.00. The van der Waals surface area contributed by atoms with E-state index in [-0.39, 0.29) is 17.5 Å². The molecule has 0 unspecified atom stereocenters. The molecule has 19 heavy (non-hydrogen) atoms. The van der Waals surface area contributed by atoms with Crippen molar-refractivity contribution in [2.75, 3.05) is 26.2 Å². The normalized spacial score (nSPS) is 18.2. The molecule has 0 saturated carbocycles. The molecule has 0 aromatic heterocycles. The molecule has 104 valence electrons. The molecule has 0 amide bonds. The molecule has 1 saturated heterocycles. The van der Waals surface area contributed by atoms with Crippen LogP contribution < -0.4 is 5.32 Å². The Balaban J connectivity index is 2.35. The minimum absolute atomic E-state index is 0.0571. The molecule has 1 aromatic carbocycles. The van der Waals surface area contributed by atoms with Crippen LogP contribution in [-0.2, 0) is 0 Å². The fourth-order valence-corrected chi connectivity index (χ4v) is 2.79. The maximum atomic E-state index is 10.9. The average Bonchev–Trinajstić information content (AvgIpc) is 2.41. The van der Waals surface area contributed by atoms with Gasteiger partial charge in [0, 0.05) is 48.3 Å². The molecule has 2 N–H and O–H groups in total. The number of nitro benzene ring substituents is 1. The number of piperazine rings is 1. The molecular weight excluding hydrogens is 314 g/mol. The van der Waals surface area contributed by atoms with Crippen LogP contribution in [0.1, 0.15) is 18.5 Å². The van der Waals surface area contributed by atoms with Crippen LogP contribution in [0.4, 0.5) is 5.69 Å². The topological polar surface area (TPSA) is 78.6 Å². The summed E-state index contributed by atoms with van der Waals surface area (Å²) in [7, 11) is 0. The number of phenols is 1. The van der Waals surface area contributed by atoms with E-state index < -0.39 is 4.92 Å². The van der Waals surface area contributed by atoms with Gasteiger partial charge in [0.2, 0.25) is 0 Å². The number of nitro groups is 1. The van der Waals surface area contributed by atoms with Gasteiger partial charge in [0.25, 0.3) is 0 Å². The van der Waals surface area contributed by atoms with E-state index in [4.69, 9.17) is 0 Å². The summed E-state index contributed by atoms with van der Waals surface area (Å²) in [5.41, 5.74) is 0.328. The summed E-state index contributed by atoms with van der Waals surface area (Å²) < 4.78 is 0.606. The van der Waals surface area contributed by atoms with Crippen LogP contribution in [0.5, 0.6) is 5.75 Å². The Hall–Kier alpha value is -1.18. The van der Waals surface area contributed by atoms with Crippen LogP contribution in [0.2, 0.25) is 0 Å². The van der Waals surface area contributed by atoms with Crippen molar-refractivity contribution in [3.63, 3.8) is 0 Å². The van der Waals surface area contributed by atoms with Gasteiger partial charge in [-0.05, 0) is 13.0 Å². The number of nitrogens with one attached hydrogen (secondary N) is 1. The summed E-state index contributed by atoms with van der Waals surface area (Å²) in [5, 5.41) is 24.3. The second-order valence-corrected chi connectivity index (χ2v) is 5.50. The summed E-state index contributed by atoms with van der Waals surface area (Å²) in [6, 6.07) is 3.01. The molecule has 0 aliphatic carbocycles. The molecule has 1 aliphatic heterocycles. The van der Waals surface area contributed by atoms with Gasteiger partial charge in [-0.3, -0.25) is 15.0 Å². The van der Waals surface area contributed by atoms with Crippen LogP contribution in [0.25, 0.3) is 0 Å². The van der Waals surface area contributed by atoms with Crippen molar-refractivity contribution >= 4 is 21.6 Å². The van der Waals surface area contributed by atoms with Crippen molar-refractivity contribution in [1.82, 2.24) is 10.2 Å². The maximum Gasteiger partial charge on any atom is 0.312 e. The highest BCUT2D eigenvalue weighted by Crippen LogP contribution is 2.38. The Morgan fingerprint density at radius 3 is 2.68 bits per heavy atom. The van der Waals surface area contributed by atoms with Crippen molar-refractivity contribution in [2.24, 2.45) is 0 Å². The number of halogens is 1. The number of benzene rings is 1. The van der Waals surface area contributed by atoms with Gasteiger partial charge in [0.05, 0.1) is 4.92 Å². The minimum atomic E-state index is -0.561. The van der Waals surface area contributed by atoms with Gasteiger partial charge in [-0.2, -0.15) is 0 Å². The van der Waals surface area contributed by atoms with E-state index in [1.807, 2.05) is 6.92 Å². The molecule has 1 atom stereocenters. The van der Waals surface area contributed by atoms with Crippen LogP contribution in [0.3, 0.4) is 0 Å². The molecule has 2 rings (SSSR count). The van der Waals surface area contributed by atoms with Gasteiger partial charge in [-0.15, -0.1) is 0 Å². The van der Waals surface area contributed by atoms with Crippen molar-refractivity contribution in [1.29, 1.82) is 0 Å². The Morgan fingerprint density at radius 2 is 2.11 bits per heavy atom. The first-order valence-corrected chi connectivity index (χ1v) is 6.91. The van der Waals surface area contributed by atoms with Crippen LogP contribution in [-0.4, -0.2) is 41.1 Å². The van der Waals surface area contributed by atoms with E-state index in [0.717, 1.165) is 26.2 Å². The third-order valence-corrected chi connectivity index (χ3v) is 3.89. The molecule has 1 heterocycles. The minimum Gasteiger partial charge on any atom is -0.502 e. The summed E-state index contributed by atoms with van der Waals surface area (Å²) >= 11 is 3.26. The van der Waals surface area contributed by atoms with E-state index in [2.05, 4.69) is 26.1 Å². The Labute approximate surface area is 119 Å². The fourth-order valence-electron chi connectivity index (χ4n) is 2.33. The van der Waals surface area contributed by atoms with Crippen LogP contribution in [0.15, 0.2) is 16.6 Å². The van der Waals surface area contributed by atoms with E-state index >= 15 is 0 Å². The second-order valence-electron chi connectivity index (χ2n) is 4.58. The van der Waals surface area contributed by atoms with Gasteiger partial charge in [0.1, 0.15) is 0 Å². The van der Waals surface area contributed by atoms with E-state index in [1.165, 1.54) is 6.07 Å². The predicted octanol–water partition coefficient (Wildman–Crippen LogP) is 2.03. The number of rotatable bonds is 3. The Morgan fingerprint density at radius 1 is 1.47 bits per heavy atom. The highest BCUT2D eigenvalue weighted by atomic mass is 79.9. The molecule has 0 bridgehead atoms. The zero-order chi connectivity index (χ0) is 14.0. The van der Waals surface area contributed by atoms with E-state index in [9.17, 15) is 15.2 Å². The smallest absolute Gasteiger partial charge is 0.312 e. The highest BCUT2D eigenvalue weighted by molar-refractivity contribution is 9.10. The quantitative estimate of drug-likeness (QED) is 0.655. The number of hydrogen-bond donors (Lipinski definition) is 2. The van der Waals surface area contributed by atoms with Gasteiger partial charge in [0.15, 0.2) is 5.75 Å². The van der Waals surface area contributed by atoms with Crippen molar-refractivity contribution in [2.45, 2.75) is 13.0 Å². The first kappa shape index (κ1) is 14.2. The van der Waals surface area contributed by atoms with Crippen molar-refractivity contribution < 1.29 is 10.0 Å². The lowest BCUT2D eigenvalue weighted by Gasteiger charge is -2.33. The molecule has 0 radical (unpaired) electrons. The fraction of sp³-hybridized carbons (Fsp3) is 0.500. The number of hydrogen-bond acceptors (Lipinski definition) is 5. The number of nitrogens with zero attached hydrogens (tertiary/aromatic N) is 2. The monoisotopic (exact) mass is 329 g/mol. The van der Waals surface area contributed by atoms with Gasteiger partial charge in [-0.1, -0.05) is 15.9 Å². The predicted molar refractivity (Wildman–Crippen MR) is 75.3 cm³/mol. The van der Waals surface area contributed by atoms with E-state index in [0.29, 0.717) is 10.0 Å². The standard InChI is InChI=1S/C12H16BrN3O3/c1-8(15-4-2-14-3-5-15)10-6-9(13)7-11(12(10)17)16(18)19/h6-8,14,17H,2-5H2,1H3/t8-/m1/s1. The summed E-state index contributed by atoms with van der Waals surface area (Å²) in [5.74, 6) is -0.237. The zero-order valence-corrected chi connectivity index (χ0v) is 12.2. The summed E-state index contributed by atoms with van der Waals surface area (Å²) in [6.45, 7) is 5.46.